The van der Waals surface area contributed by atoms with E-state index in [1.165, 1.54) is 5.01 Å². The molecule has 1 saturated heterocycles. The van der Waals surface area contributed by atoms with Gasteiger partial charge >= 0.3 is 0 Å². The molecule has 0 unspecified atom stereocenters. The van der Waals surface area contributed by atoms with Gasteiger partial charge in [0.1, 0.15) is 0 Å². The second-order valence-corrected chi connectivity index (χ2v) is 3.25. The number of carbonyl (C=O) groups is 1. The first kappa shape index (κ1) is 9.25. The number of rotatable bonds is 1. The van der Waals surface area contributed by atoms with Gasteiger partial charge in [0.15, 0.2) is 5.17 Å². The molecular weight excluding hydrogens is 174 g/mol. The van der Waals surface area contributed by atoms with Crippen molar-refractivity contribution in [2.45, 2.75) is 13.3 Å². The fraction of sp³-hybridized carbons (Fsp3) is 0.571. The summed E-state index contributed by atoms with van der Waals surface area (Å²) in [5, 5.41) is 5.96. The van der Waals surface area contributed by atoms with E-state index in [0.29, 0.717) is 11.6 Å². The molecule has 0 atom stereocenters. The molecule has 1 rings (SSSR count). The molecule has 12 heavy (non-hydrogen) atoms. The molecule has 0 aliphatic carbocycles. The lowest BCUT2D eigenvalue weighted by Gasteiger charge is -2.21. The first-order chi connectivity index (χ1) is 5.79. The number of amides is 1. The van der Waals surface area contributed by atoms with Crippen LogP contribution in [0.4, 0.5) is 0 Å². The van der Waals surface area contributed by atoms with Crippen molar-refractivity contribution in [3.05, 3.63) is 0 Å². The molecule has 1 amide bonds. The molecule has 1 heterocycles. The summed E-state index contributed by atoms with van der Waals surface area (Å²) in [5.41, 5.74) is 0. The highest BCUT2D eigenvalue weighted by Crippen LogP contribution is 2.18. The molecule has 0 aromatic heterocycles. The van der Waals surface area contributed by atoms with Gasteiger partial charge < -0.3 is 0 Å². The lowest BCUT2D eigenvalue weighted by atomic mass is 10.4. The van der Waals surface area contributed by atoms with Crippen LogP contribution in [0.25, 0.3) is 0 Å². The number of hydrogen-bond donors (Lipinski definition) is 0. The van der Waals surface area contributed by atoms with E-state index in [1.807, 2.05) is 0 Å². The Hall–Kier alpha value is -0.840. The highest BCUT2D eigenvalue weighted by molar-refractivity contribution is 8.13. The number of amidine groups is 1. The van der Waals surface area contributed by atoms with Crippen molar-refractivity contribution in [1.82, 2.24) is 5.01 Å². The maximum atomic E-state index is 11.3. The summed E-state index contributed by atoms with van der Waals surface area (Å²) in [4.78, 5) is 15.2. The Kier molecular flexibility index (Phi) is 3.28. The lowest BCUT2D eigenvalue weighted by Crippen LogP contribution is -2.34. The Morgan fingerprint density at radius 1 is 1.67 bits per heavy atom. The van der Waals surface area contributed by atoms with E-state index >= 15 is 0 Å². The van der Waals surface area contributed by atoms with Crippen LogP contribution in [-0.4, -0.2) is 35.1 Å². The number of aliphatic imine (C=N–C) groups is 1. The van der Waals surface area contributed by atoms with E-state index in [4.69, 9.17) is 0 Å². The van der Waals surface area contributed by atoms with Gasteiger partial charge in [-0.1, -0.05) is 11.8 Å². The van der Waals surface area contributed by atoms with Crippen LogP contribution in [0.3, 0.4) is 0 Å². The summed E-state index contributed by atoms with van der Waals surface area (Å²) in [6.07, 6.45) is 2.13. The first-order valence-electron chi connectivity index (χ1n) is 3.70. The van der Waals surface area contributed by atoms with Gasteiger partial charge in [-0.3, -0.25) is 9.79 Å². The van der Waals surface area contributed by atoms with Crippen molar-refractivity contribution in [3.63, 3.8) is 0 Å². The summed E-state index contributed by atoms with van der Waals surface area (Å²) in [6.45, 7) is 1.78. The molecule has 66 valence electrons. The second-order valence-electron chi connectivity index (χ2n) is 2.18. The molecule has 4 nitrogen and oxygen atoms in total. The first-order valence-corrected chi connectivity index (χ1v) is 4.69. The molecule has 0 aromatic rings. The third-order valence-electron chi connectivity index (χ3n) is 1.39. The summed E-state index contributed by atoms with van der Waals surface area (Å²) in [6, 6.07) is 0. The minimum absolute atomic E-state index is 0.0208. The summed E-state index contributed by atoms with van der Waals surface area (Å²) in [7, 11) is 1.67. The Morgan fingerprint density at radius 2 is 2.42 bits per heavy atom. The molecule has 0 N–H and O–H groups in total. The van der Waals surface area contributed by atoms with E-state index in [9.17, 15) is 4.79 Å². The third-order valence-corrected chi connectivity index (χ3v) is 2.41. The molecule has 1 fully saturated rings. The highest BCUT2D eigenvalue weighted by Gasteiger charge is 2.23. The van der Waals surface area contributed by atoms with Gasteiger partial charge in [-0.25, -0.2) is 0 Å². The van der Waals surface area contributed by atoms with Gasteiger partial charge in [-0.05, 0) is 6.92 Å². The van der Waals surface area contributed by atoms with E-state index in [2.05, 4.69) is 10.1 Å². The van der Waals surface area contributed by atoms with Gasteiger partial charge in [0.05, 0.1) is 0 Å². The van der Waals surface area contributed by atoms with Gasteiger partial charge in [-0.2, -0.15) is 10.1 Å². The largest absolute Gasteiger partial charge is 0.272 e. The van der Waals surface area contributed by atoms with Gasteiger partial charge in [-0.15, -0.1) is 0 Å². The monoisotopic (exact) mass is 185 g/mol. The smallest absolute Gasteiger partial charge is 0.250 e. The van der Waals surface area contributed by atoms with Crippen molar-refractivity contribution < 1.29 is 4.79 Å². The summed E-state index contributed by atoms with van der Waals surface area (Å²) >= 11 is 1.56. The van der Waals surface area contributed by atoms with Crippen LogP contribution < -0.4 is 0 Å². The molecule has 5 heteroatoms. The molecule has 0 aromatic carbocycles. The molecule has 0 saturated carbocycles. The molecule has 0 radical (unpaired) electrons. The van der Waals surface area contributed by atoms with E-state index in [0.717, 1.165) is 5.75 Å². The van der Waals surface area contributed by atoms with Crippen LogP contribution in [0.2, 0.25) is 0 Å². The predicted molar refractivity (Wildman–Crippen MR) is 51.4 cm³/mol. The van der Waals surface area contributed by atoms with E-state index in [-0.39, 0.29) is 5.91 Å². The molecule has 1 aliphatic rings. The van der Waals surface area contributed by atoms with Crippen molar-refractivity contribution in [3.8, 4) is 0 Å². The maximum Gasteiger partial charge on any atom is 0.250 e. The van der Waals surface area contributed by atoms with E-state index < -0.39 is 0 Å². The molecular formula is C7H11N3OS. The SMILES string of the molecule is C/C=N/N1C(=O)CCSC1=NC. The van der Waals surface area contributed by atoms with E-state index in [1.54, 1.807) is 31.9 Å². The van der Waals surface area contributed by atoms with Crippen LogP contribution >= 0.6 is 11.8 Å². The van der Waals surface area contributed by atoms with Crippen LogP contribution in [0, 0.1) is 0 Å². The zero-order valence-electron chi connectivity index (χ0n) is 7.15. The fourth-order valence-electron chi connectivity index (χ4n) is 0.892. The Morgan fingerprint density at radius 3 is 3.00 bits per heavy atom. The summed E-state index contributed by atoms with van der Waals surface area (Å²) in [5.74, 6) is 0.828. The lowest BCUT2D eigenvalue weighted by molar-refractivity contribution is -0.127. The van der Waals surface area contributed by atoms with Crippen LogP contribution in [-0.2, 0) is 4.79 Å². The minimum Gasteiger partial charge on any atom is -0.272 e. The summed E-state index contributed by atoms with van der Waals surface area (Å²) < 4.78 is 0. The predicted octanol–water partition coefficient (Wildman–Crippen LogP) is 0.943. The topological polar surface area (TPSA) is 45.0 Å². The Balaban J connectivity index is 2.80. The number of carbonyl (C=O) groups excluding carboxylic acids is 1. The Bertz CT molecular complexity index is 237. The average Bonchev–Trinajstić information content (AvgIpc) is 2.09. The average molecular weight is 185 g/mol. The minimum atomic E-state index is 0.0208. The zero-order valence-corrected chi connectivity index (χ0v) is 7.97. The van der Waals surface area contributed by atoms with Gasteiger partial charge in [0, 0.05) is 25.4 Å². The van der Waals surface area contributed by atoms with Gasteiger partial charge in [0.25, 0.3) is 0 Å². The second kappa shape index (κ2) is 4.25. The standard InChI is InChI=1S/C7H11N3OS/c1-3-9-10-6(11)4-5-12-7(10)8-2/h3H,4-5H2,1-2H3/b8-7?,9-3+. The van der Waals surface area contributed by atoms with Crippen molar-refractivity contribution in [1.29, 1.82) is 0 Å². The third kappa shape index (κ3) is 1.85. The Labute approximate surface area is 75.7 Å². The molecule has 1 aliphatic heterocycles. The van der Waals surface area contributed by atoms with Crippen molar-refractivity contribution in [2.24, 2.45) is 10.1 Å². The number of hydrogen-bond acceptors (Lipinski definition) is 4. The van der Waals surface area contributed by atoms with Crippen LogP contribution in [0.5, 0.6) is 0 Å². The quantitative estimate of drug-likeness (QED) is 0.571. The number of thioether (sulfide) groups is 1. The maximum absolute atomic E-state index is 11.3. The number of nitrogens with zero attached hydrogens (tertiary/aromatic N) is 3. The van der Waals surface area contributed by atoms with Crippen molar-refractivity contribution in [2.75, 3.05) is 12.8 Å². The zero-order chi connectivity index (χ0) is 8.97. The van der Waals surface area contributed by atoms with Crippen LogP contribution in [0.1, 0.15) is 13.3 Å². The van der Waals surface area contributed by atoms with Crippen molar-refractivity contribution >= 4 is 29.1 Å². The number of hydrazone groups is 1. The van der Waals surface area contributed by atoms with Gasteiger partial charge in [0.2, 0.25) is 5.91 Å². The normalized spacial score (nSPS) is 22.7. The molecule has 0 spiro atoms. The van der Waals surface area contributed by atoms with Crippen LogP contribution in [0.15, 0.2) is 10.1 Å². The highest BCUT2D eigenvalue weighted by atomic mass is 32.2. The molecule has 0 bridgehead atoms. The fourth-order valence-corrected chi connectivity index (χ4v) is 1.75.